The van der Waals surface area contributed by atoms with Crippen molar-refractivity contribution in [3.05, 3.63) is 70.2 Å². The number of amides is 2. The van der Waals surface area contributed by atoms with Crippen LogP contribution in [-0.4, -0.2) is 24.6 Å². The van der Waals surface area contributed by atoms with Crippen LogP contribution in [0.15, 0.2) is 59.5 Å². The van der Waals surface area contributed by atoms with Gasteiger partial charge in [0.05, 0.1) is 21.0 Å². The van der Waals surface area contributed by atoms with Crippen molar-refractivity contribution in [2.75, 3.05) is 15.8 Å². The fraction of sp³-hybridized carbons (Fsp3) is 0.105. The highest BCUT2D eigenvalue weighted by Crippen LogP contribution is 2.29. The monoisotopic (exact) mass is 480 g/mol. The van der Waals surface area contributed by atoms with Gasteiger partial charge in [-0.15, -0.1) is 10.2 Å². The molecule has 5 N–H and O–H groups in total. The van der Waals surface area contributed by atoms with Crippen molar-refractivity contribution in [2.24, 2.45) is 0 Å². The predicted octanol–water partition coefficient (Wildman–Crippen LogP) is 4.05. The van der Waals surface area contributed by atoms with Crippen molar-refractivity contribution in [1.29, 1.82) is 0 Å². The van der Waals surface area contributed by atoms with Crippen LogP contribution >= 0.6 is 23.2 Å². The Hall–Kier alpha value is -3.08. The fourth-order valence-corrected chi connectivity index (χ4v) is 4.08. The van der Waals surface area contributed by atoms with Crippen molar-refractivity contribution in [2.45, 2.75) is 17.9 Å². The van der Waals surface area contributed by atoms with Gasteiger partial charge in [-0.2, -0.15) is 0 Å². The number of nitrogens with one attached hydrogen (secondary N) is 3. The zero-order valence-electron chi connectivity index (χ0n) is 16.1. The van der Waals surface area contributed by atoms with E-state index in [4.69, 9.17) is 28.9 Å². The Morgan fingerprint density at radius 1 is 1.03 bits per heavy atom. The lowest BCUT2D eigenvalue weighted by Gasteiger charge is -2.17. The first-order chi connectivity index (χ1) is 14.7. The third-order valence-electron chi connectivity index (χ3n) is 4.14. The molecule has 162 valence electrons. The molecule has 0 radical (unpaired) electrons. The lowest BCUT2D eigenvalue weighted by Crippen LogP contribution is -2.31. The number of anilines is 3. The molecule has 1 unspecified atom stereocenters. The number of sulfonamides is 1. The first kappa shape index (κ1) is 22.6. The molecule has 31 heavy (non-hydrogen) atoms. The molecule has 0 aliphatic rings. The van der Waals surface area contributed by atoms with Gasteiger partial charge in [-0.1, -0.05) is 35.3 Å². The molecule has 1 heterocycles. The summed E-state index contributed by atoms with van der Waals surface area (Å²) in [5.74, 6) is 0.202. The average Bonchev–Trinajstić information content (AvgIpc) is 2.72. The Labute approximate surface area is 189 Å². The molecule has 0 aliphatic carbocycles. The minimum absolute atomic E-state index is 0.0174. The van der Waals surface area contributed by atoms with E-state index < -0.39 is 22.1 Å². The molecule has 0 saturated carbocycles. The molecule has 3 rings (SSSR count). The number of hydrogen-bond donors (Lipinski definition) is 4. The Morgan fingerprint density at radius 3 is 2.39 bits per heavy atom. The van der Waals surface area contributed by atoms with Gasteiger partial charge < -0.3 is 16.4 Å². The number of nitrogen functional groups attached to an aromatic ring is 1. The van der Waals surface area contributed by atoms with E-state index in [0.717, 1.165) is 0 Å². The van der Waals surface area contributed by atoms with E-state index in [1.807, 2.05) is 0 Å². The summed E-state index contributed by atoms with van der Waals surface area (Å²) in [5.41, 5.74) is 6.50. The minimum atomic E-state index is -3.88. The summed E-state index contributed by atoms with van der Waals surface area (Å²) < 4.78 is 27.2. The van der Waals surface area contributed by atoms with Gasteiger partial charge >= 0.3 is 6.03 Å². The Bertz CT molecular complexity index is 1190. The standard InChI is InChI=1S/C19H18Cl2N6O3S/c1-11(14-3-2-4-15(20)18(14)21)23-19(28)24-12-5-7-13(8-6-12)31(29,30)27-17-10-9-16(22)25-26-17/h2-11H,1H3,(H2,22,25)(H,26,27)(H2,23,24,28). The summed E-state index contributed by atoms with van der Waals surface area (Å²) in [6.45, 7) is 1.76. The predicted molar refractivity (Wildman–Crippen MR) is 121 cm³/mol. The molecular formula is C19H18Cl2N6O3S. The van der Waals surface area contributed by atoms with Gasteiger partial charge in [0.25, 0.3) is 10.0 Å². The van der Waals surface area contributed by atoms with E-state index in [-0.39, 0.29) is 16.5 Å². The second-order valence-corrected chi connectivity index (χ2v) is 8.90. The highest BCUT2D eigenvalue weighted by molar-refractivity contribution is 7.92. The summed E-state index contributed by atoms with van der Waals surface area (Å²) in [7, 11) is -3.88. The van der Waals surface area contributed by atoms with Crippen LogP contribution in [0.25, 0.3) is 0 Å². The number of rotatable bonds is 6. The van der Waals surface area contributed by atoms with Crippen LogP contribution in [0.5, 0.6) is 0 Å². The van der Waals surface area contributed by atoms with Crippen molar-refractivity contribution in [3.8, 4) is 0 Å². The van der Waals surface area contributed by atoms with Gasteiger partial charge in [0.15, 0.2) is 5.82 Å². The van der Waals surface area contributed by atoms with E-state index in [2.05, 4.69) is 25.6 Å². The third-order valence-corrected chi connectivity index (χ3v) is 6.35. The lowest BCUT2D eigenvalue weighted by molar-refractivity contribution is 0.249. The molecule has 0 fully saturated rings. The number of carbonyl (C=O) groups is 1. The van der Waals surface area contributed by atoms with E-state index >= 15 is 0 Å². The van der Waals surface area contributed by atoms with Crippen molar-refractivity contribution in [1.82, 2.24) is 15.5 Å². The SMILES string of the molecule is CC(NC(=O)Nc1ccc(S(=O)(=O)Nc2ccc(N)nn2)cc1)c1cccc(Cl)c1Cl. The largest absolute Gasteiger partial charge is 0.382 e. The molecule has 1 aromatic heterocycles. The number of aromatic nitrogens is 2. The molecule has 2 amide bonds. The molecule has 12 heteroatoms. The summed E-state index contributed by atoms with van der Waals surface area (Å²) in [5, 5.41) is 13.4. The van der Waals surface area contributed by atoms with Crippen LogP contribution < -0.4 is 21.1 Å². The zero-order valence-corrected chi connectivity index (χ0v) is 18.5. The Morgan fingerprint density at radius 2 is 1.74 bits per heavy atom. The van der Waals surface area contributed by atoms with Crippen LogP contribution in [0, 0.1) is 0 Å². The van der Waals surface area contributed by atoms with Crippen LogP contribution in [0.4, 0.5) is 22.1 Å². The number of halogens is 2. The van der Waals surface area contributed by atoms with Crippen LogP contribution in [0.1, 0.15) is 18.5 Å². The number of hydrogen-bond acceptors (Lipinski definition) is 6. The molecule has 0 saturated heterocycles. The number of carbonyl (C=O) groups excluding carboxylic acids is 1. The fourth-order valence-electron chi connectivity index (χ4n) is 2.61. The van der Waals surface area contributed by atoms with E-state index in [9.17, 15) is 13.2 Å². The highest BCUT2D eigenvalue weighted by Gasteiger charge is 2.17. The Kier molecular flexibility index (Phi) is 6.84. The summed E-state index contributed by atoms with van der Waals surface area (Å²) >= 11 is 12.2. The second kappa shape index (κ2) is 9.38. The third kappa shape index (κ3) is 5.75. The van der Waals surface area contributed by atoms with Gasteiger partial charge in [0.2, 0.25) is 0 Å². The van der Waals surface area contributed by atoms with Crippen LogP contribution in [-0.2, 0) is 10.0 Å². The van der Waals surface area contributed by atoms with Crippen LogP contribution in [0.2, 0.25) is 10.0 Å². The summed E-state index contributed by atoms with van der Waals surface area (Å²) in [6, 6.07) is 12.7. The van der Waals surface area contributed by atoms with Gasteiger partial charge in [-0.25, -0.2) is 13.2 Å². The maximum absolute atomic E-state index is 12.4. The molecule has 0 aliphatic heterocycles. The average molecular weight is 481 g/mol. The first-order valence-electron chi connectivity index (χ1n) is 8.89. The van der Waals surface area contributed by atoms with Crippen molar-refractivity contribution < 1.29 is 13.2 Å². The maximum Gasteiger partial charge on any atom is 0.319 e. The number of urea groups is 1. The van der Waals surface area contributed by atoms with Crippen LogP contribution in [0.3, 0.4) is 0 Å². The minimum Gasteiger partial charge on any atom is -0.382 e. The quantitative estimate of drug-likeness (QED) is 0.419. The smallest absolute Gasteiger partial charge is 0.319 e. The topological polar surface area (TPSA) is 139 Å². The maximum atomic E-state index is 12.4. The first-order valence-corrected chi connectivity index (χ1v) is 11.1. The van der Waals surface area contributed by atoms with E-state index in [0.29, 0.717) is 21.3 Å². The molecule has 9 nitrogen and oxygen atoms in total. The van der Waals surface area contributed by atoms with Crippen molar-refractivity contribution in [3.63, 3.8) is 0 Å². The molecule has 2 aromatic carbocycles. The molecule has 3 aromatic rings. The Balaban J connectivity index is 1.63. The van der Waals surface area contributed by atoms with E-state index in [1.165, 1.54) is 36.4 Å². The van der Waals surface area contributed by atoms with Gasteiger partial charge in [-0.05, 0) is 55.0 Å². The number of benzene rings is 2. The molecule has 0 bridgehead atoms. The second-order valence-electron chi connectivity index (χ2n) is 6.44. The number of nitrogens with zero attached hydrogens (tertiary/aromatic N) is 2. The van der Waals surface area contributed by atoms with Gasteiger partial charge in [0, 0.05) is 5.69 Å². The zero-order chi connectivity index (χ0) is 22.6. The highest BCUT2D eigenvalue weighted by atomic mass is 35.5. The normalized spacial score (nSPS) is 12.1. The van der Waals surface area contributed by atoms with Gasteiger partial charge in [0.1, 0.15) is 5.82 Å². The van der Waals surface area contributed by atoms with Gasteiger partial charge in [-0.3, -0.25) is 4.72 Å². The number of nitrogens with two attached hydrogens (primary N) is 1. The lowest BCUT2D eigenvalue weighted by atomic mass is 10.1. The van der Waals surface area contributed by atoms with Crippen molar-refractivity contribution >= 4 is 56.6 Å². The summed E-state index contributed by atoms with van der Waals surface area (Å²) in [4.78, 5) is 12.3. The molecule has 1 atom stereocenters. The summed E-state index contributed by atoms with van der Waals surface area (Å²) in [6.07, 6.45) is 0. The molecule has 0 spiro atoms. The molecular weight excluding hydrogens is 463 g/mol. The van der Waals surface area contributed by atoms with E-state index in [1.54, 1.807) is 25.1 Å².